The van der Waals surface area contributed by atoms with Crippen molar-refractivity contribution < 1.29 is 19.1 Å². The molecule has 0 amide bonds. The molecule has 1 aromatic heterocycles. The van der Waals surface area contributed by atoms with Crippen molar-refractivity contribution in [2.75, 3.05) is 20.3 Å². The Kier molecular flexibility index (Phi) is 10.2. The predicted octanol–water partition coefficient (Wildman–Crippen LogP) is 6.59. The number of esters is 2. The van der Waals surface area contributed by atoms with Crippen molar-refractivity contribution in [3.63, 3.8) is 0 Å². The van der Waals surface area contributed by atoms with Gasteiger partial charge in [-0.3, -0.25) is 9.80 Å². The Hall–Kier alpha value is -6.39. The van der Waals surface area contributed by atoms with E-state index in [4.69, 9.17) is 19.8 Å². The van der Waals surface area contributed by atoms with Crippen LogP contribution in [0.5, 0.6) is 0 Å². The van der Waals surface area contributed by atoms with E-state index in [1.165, 1.54) is 7.11 Å². The van der Waals surface area contributed by atoms with Gasteiger partial charge in [-0.15, -0.1) is 15.0 Å². The van der Waals surface area contributed by atoms with E-state index in [9.17, 15) is 9.59 Å². The molecular weight excluding hydrogens is 665 g/mol. The van der Waals surface area contributed by atoms with Crippen molar-refractivity contribution >= 4 is 11.9 Å². The summed E-state index contributed by atoms with van der Waals surface area (Å²) < 4.78 is 10.3. The molecule has 7 rings (SSSR count). The van der Waals surface area contributed by atoms with E-state index in [1.807, 2.05) is 110 Å². The molecule has 1 aliphatic rings. The third kappa shape index (κ3) is 6.84. The molecule has 0 spiro atoms. The van der Waals surface area contributed by atoms with Crippen LogP contribution in [0.4, 0.5) is 0 Å². The molecule has 0 aliphatic carbocycles. The first-order valence-electron chi connectivity index (χ1n) is 17.6. The predicted molar refractivity (Wildman–Crippen MR) is 202 cm³/mol. The Bertz CT molecular complexity index is 2120. The van der Waals surface area contributed by atoms with Gasteiger partial charge in [-0.1, -0.05) is 140 Å². The van der Waals surface area contributed by atoms with Crippen LogP contribution in [-0.2, 0) is 31.0 Å². The van der Waals surface area contributed by atoms with Gasteiger partial charge in [0.25, 0.3) is 0 Å². The second-order valence-electron chi connectivity index (χ2n) is 12.7. The first-order chi connectivity index (χ1) is 25.9. The first kappa shape index (κ1) is 35.0. The quantitative estimate of drug-likeness (QED) is 0.111. The van der Waals surface area contributed by atoms with Gasteiger partial charge in [0.1, 0.15) is 6.54 Å². The van der Waals surface area contributed by atoms with Gasteiger partial charge < -0.3 is 9.47 Å². The summed E-state index contributed by atoms with van der Waals surface area (Å²) in [5, 5.41) is 16.3. The van der Waals surface area contributed by atoms with Crippen LogP contribution in [0, 0.1) is 0 Å². The summed E-state index contributed by atoms with van der Waals surface area (Å²) in [4.78, 5) is 27.0. The van der Waals surface area contributed by atoms with Crippen LogP contribution in [0.1, 0.15) is 36.1 Å². The molecule has 266 valence electrons. The van der Waals surface area contributed by atoms with Crippen molar-refractivity contribution in [3.8, 4) is 22.5 Å². The number of carbonyl (C=O) groups excluding carboxylic acids is 2. The van der Waals surface area contributed by atoms with Gasteiger partial charge in [0, 0.05) is 17.7 Å². The molecule has 2 heterocycles. The van der Waals surface area contributed by atoms with Crippen LogP contribution >= 0.6 is 0 Å². The number of rotatable bonds is 12. The third-order valence-electron chi connectivity index (χ3n) is 9.51. The van der Waals surface area contributed by atoms with E-state index in [1.54, 1.807) is 16.7 Å². The highest BCUT2D eigenvalue weighted by Crippen LogP contribution is 2.40. The molecular formula is C43H40N6O4. The van der Waals surface area contributed by atoms with Crippen LogP contribution in [0.3, 0.4) is 0 Å². The molecule has 1 aliphatic heterocycles. The number of nitrogens with one attached hydrogen (secondary N) is 1. The summed E-state index contributed by atoms with van der Waals surface area (Å²) in [5.74, 6) is -0.333. The van der Waals surface area contributed by atoms with Crippen LogP contribution < -0.4 is 5.43 Å². The van der Waals surface area contributed by atoms with Crippen molar-refractivity contribution in [1.82, 2.24) is 30.6 Å². The van der Waals surface area contributed by atoms with Gasteiger partial charge in [-0.25, -0.2) is 10.2 Å². The maximum absolute atomic E-state index is 12.8. The average molecular weight is 705 g/mol. The van der Waals surface area contributed by atoms with Gasteiger partial charge >= 0.3 is 11.9 Å². The molecule has 1 atom stereocenters. The molecule has 10 heteroatoms. The number of allylic oxidation sites excluding steroid dienone is 1. The lowest BCUT2D eigenvalue weighted by Crippen LogP contribution is -2.40. The maximum Gasteiger partial charge on any atom is 0.337 e. The minimum atomic E-state index is -0.892. The molecule has 53 heavy (non-hydrogen) atoms. The van der Waals surface area contributed by atoms with E-state index < -0.39 is 11.5 Å². The van der Waals surface area contributed by atoms with Crippen LogP contribution in [0.15, 0.2) is 151 Å². The van der Waals surface area contributed by atoms with E-state index in [0.29, 0.717) is 23.5 Å². The summed E-state index contributed by atoms with van der Waals surface area (Å²) in [5.41, 5.74) is 10.2. The highest BCUT2D eigenvalue weighted by atomic mass is 16.5. The Labute approximate surface area is 308 Å². The Morgan fingerprint density at radius 2 is 1.30 bits per heavy atom. The fourth-order valence-corrected chi connectivity index (χ4v) is 7.12. The van der Waals surface area contributed by atoms with Crippen molar-refractivity contribution in [2.24, 2.45) is 0 Å². The van der Waals surface area contributed by atoms with Crippen LogP contribution in [0.2, 0.25) is 0 Å². The number of benzene rings is 5. The number of methoxy groups -OCH3 is 1. The third-order valence-corrected chi connectivity index (χ3v) is 9.51. The fraction of sp³-hybridized carbons (Fsp3) is 0.186. The SMILES string of the molecule is CCOC(=O)CN1NC(C)C(C(=O)OC)=C1Cc1ccc(-c2ccccc2-c2nnn(C(c3ccccc3)(c3ccccc3)c3ccccc3)n2)cc1. The molecule has 5 aromatic carbocycles. The Morgan fingerprint density at radius 3 is 1.85 bits per heavy atom. The number of hydrazine groups is 1. The number of hydrogen-bond donors (Lipinski definition) is 1. The number of hydrogen-bond acceptors (Lipinski definition) is 9. The molecule has 6 aromatic rings. The molecule has 0 saturated heterocycles. The van der Waals surface area contributed by atoms with E-state index in [-0.39, 0.29) is 25.2 Å². The highest BCUT2D eigenvalue weighted by molar-refractivity contribution is 5.91. The lowest BCUT2D eigenvalue weighted by Gasteiger charge is -2.34. The summed E-state index contributed by atoms with van der Waals surface area (Å²) in [7, 11) is 1.36. The molecule has 0 bridgehead atoms. The number of nitrogens with zero attached hydrogens (tertiary/aromatic N) is 5. The van der Waals surface area contributed by atoms with Crippen LogP contribution in [-0.4, -0.2) is 63.5 Å². The van der Waals surface area contributed by atoms with E-state index >= 15 is 0 Å². The zero-order chi connectivity index (χ0) is 36.8. The summed E-state index contributed by atoms with van der Waals surface area (Å²) in [6.07, 6.45) is 0.402. The molecule has 0 fully saturated rings. The second-order valence-corrected chi connectivity index (χ2v) is 12.7. The van der Waals surface area contributed by atoms with E-state index in [2.05, 4.69) is 46.9 Å². The zero-order valence-electron chi connectivity index (χ0n) is 29.8. The molecule has 10 nitrogen and oxygen atoms in total. The van der Waals surface area contributed by atoms with Gasteiger partial charge in [0.05, 0.1) is 25.3 Å². The van der Waals surface area contributed by atoms with Gasteiger partial charge in [0.2, 0.25) is 5.82 Å². The summed E-state index contributed by atoms with van der Waals surface area (Å²) >= 11 is 0. The number of aromatic nitrogens is 4. The molecule has 1 N–H and O–H groups in total. The molecule has 0 saturated carbocycles. The fourth-order valence-electron chi connectivity index (χ4n) is 7.12. The van der Waals surface area contributed by atoms with Gasteiger partial charge in [0.15, 0.2) is 5.54 Å². The smallest absolute Gasteiger partial charge is 0.337 e. The second kappa shape index (κ2) is 15.5. The minimum Gasteiger partial charge on any atom is -0.466 e. The first-order valence-corrected chi connectivity index (χ1v) is 17.6. The Balaban J connectivity index is 1.25. The lowest BCUT2D eigenvalue weighted by atomic mass is 9.77. The number of ether oxygens (including phenoxy) is 2. The van der Waals surface area contributed by atoms with Crippen LogP contribution in [0.25, 0.3) is 22.5 Å². The Morgan fingerprint density at radius 1 is 0.755 bits per heavy atom. The lowest BCUT2D eigenvalue weighted by molar-refractivity contribution is -0.144. The summed E-state index contributed by atoms with van der Waals surface area (Å²) in [6, 6.07) is 46.6. The topological polar surface area (TPSA) is 111 Å². The zero-order valence-corrected chi connectivity index (χ0v) is 29.8. The standard InChI is InChI=1S/C43H40N6O4/c1-4-53-39(50)29-48-38(40(30(2)45-48)42(51)52-3)28-31-24-26-32(27-25-31)36-22-14-15-23-37(36)41-44-47-49(46-41)43(33-16-8-5-9-17-33,34-18-10-6-11-19-34)35-20-12-7-13-21-35/h5-27,30,45H,4,28-29H2,1-3H3. The largest absolute Gasteiger partial charge is 0.466 e. The van der Waals surface area contributed by atoms with Gasteiger partial charge in [-0.2, -0.15) is 0 Å². The summed E-state index contributed by atoms with van der Waals surface area (Å²) in [6.45, 7) is 3.87. The van der Waals surface area contributed by atoms with E-state index in [0.717, 1.165) is 38.9 Å². The normalized spacial score (nSPS) is 14.3. The number of tetrazole rings is 1. The monoisotopic (exact) mass is 704 g/mol. The van der Waals surface area contributed by atoms with Crippen molar-refractivity contribution in [1.29, 1.82) is 0 Å². The average Bonchev–Trinajstić information content (AvgIpc) is 3.81. The minimum absolute atomic E-state index is 0.0345. The molecule has 0 radical (unpaired) electrons. The number of carbonyl (C=O) groups is 2. The molecule has 1 unspecified atom stereocenters. The highest BCUT2D eigenvalue weighted by Gasteiger charge is 2.41. The van der Waals surface area contributed by atoms with Crippen molar-refractivity contribution in [2.45, 2.75) is 31.8 Å². The van der Waals surface area contributed by atoms with Crippen molar-refractivity contribution in [3.05, 3.63) is 173 Å². The van der Waals surface area contributed by atoms with Gasteiger partial charge in [-0.05, 0) is 52.4 Å². The maximum atomic E-state index is 12.8.